The number of sulfonamides is 1. The summed E-state index contributed by atoms with van der Waals surface area (Å²) in [5.41, 5.74) is 2.21. The molecule has 0 spiro atoms. The predicted molar refractivity (Wildman–Crippen MR) is 164 cm³/mol. The van der Waals surface area contributed by atoms with Gasteiger partial charge in [-0.3, -0.25) is 4.68 Å². The highest BCUT2D eigenvalue weighted by atomic mass is 35.5. The van der Waals surface area contributed by atoms with Crippen LogP contribution in [0.25, 0.3) is 0 Å². The number of carbonyl (C=O) groups excluding carboxylic acids is 2. The molecule has 1 heterocycles. The molecular formula is C27H43Cl2N7O4S. The molecule has 0 bridgehead atoms. The molecule has 0 saturated carbocycles. The molecule has 4 amide bonds. The maximum atomic E-state index is 13.1. The van der Waals surface area contributed by atoms with Crippen molar-refractivity contribution >= 4 is 51.0 Å². The van der Waals surface area contributed by atoms with Gasteiger partial charge in [0, 0.05) is 43.8 Å². The molecule has 0 unspecified atom stereocenters. The summed E-state index contributed by atoms with van der Waals surface area (Å²) in [6.07, 6.45) is 1.68. The Morgan fingerprint density at radius 3 is 2.32 bits per heavy atom. The first kappa shape index (κ1) is 34.7. The average Bonchev–Trinajstić information content (AvgIpc) is 3.07. The lowest BCUT2D eigenvalue weighted by atomic mass is 10.0. The van der Waals surface area contributed by atoms with Gasteiger partial charge in [-0.2, -0.15) is 5.10 Å². The number of amides is 4. The van der Waals surface area contributed by atoms with Gasteiger partial charge in [-0.25, -0.2) is 22.7 Å². The Labute approximate surface area is 253 Å². The number of carbonyl (C=O) groups is 2. The molecule has 41 heavy (non-hydrogen) atoms. The van der Waals surface area contributed by atoms with Crippen LogP contribution in [0.4, 0.5) is 15.3 Å². The highest BCUT2D eigenvalue weighted by Gasteiger charge is 2.23. The number of urea groups is 2. The van der Waals surface area contributed by atoms with E-state index in [1.807, 2.05) is 34.7 Å². The molecule has 2 rings (SSSR count). The van der Waals surface area contributed by atoms with Crippen molar-refractivity contribution in [3.63, 3.8) is 0 Å². The SMILES string of the molecule is Cc1nn(C)c(C)c1NC(=O)N[C@H](CC(C)C)CN(CCCCNS(=O)(=O)c1ccc(Cl)cc1Cl)C(=O)NC(C)C. The van der Waals surface area contributed by atoms with E-state index in [9.17, 15) is 18.0 Å². The summed E-state index contributed by atoms with van der Waals surface area (Å²) in [5, 5.41) is 13.6. The zero-order valence-corrected chi connectivity index (χ0v) is 27.2. The molecule has 230 valence electrons. The van der Waals surface area contributed by atoms with E-state index in [1.165, 1.54) is 18.2 Å². The van der Waals surface area contributed by atoms with Crippen molar-refractivity contribution in [1.29, 1.82) is 0 Å². The van der Waals surface area contributed by atoms with Crippen LogP contribution in [0.2, 0.25) is 10.0 Å². The minimum atomic E-state index is -3.81. The lowest BCUT2D eigenvalue weighted by molar-refractivity contribution is 0.183. The van der Waals surface area contributed by atoms with Crippen LogP contribution in [0, 0.1) is 19.8 Å². The molecule has 2 aromatic rings. The van der Waals surface area contributed by atoms with Gasteiger partial charge in [-0.1, -0.05) is 37.0 Å². The minimum absolute atomic E-state index is 0.0425. The van der Waals surface area contributed by atoms with E-state index in [2.05, 4.69) is 39.6 Å². The highest BCUT2D eigenvalue weighted by Crippen LogP contribution is 2.24. The number of aromatic nitrogens is 2. The zero-order valence-electron chi connectivity index (χ0n) is 24.8. The van der Waals surface area contributed by atoms with Crippen molar-refractivity contribution in [2.24, 2.45) is 13.0 Å². The third-order valence-corrected chi connectivity index (χ3v) is 8.49. The molecule has 1 atom stereocenters. The molecular weight excluding hydrogens is 589 g/mol. The number of nitrogens with one attached hydrogen (secondary N) is 4. The Balaban J connectivity index is 2.03. The van der Waals surface area contributed by atoms with Gasteiger partial charge < -0.3 is 20.9 Å². The summed E-state index contributed by atoms with van der Waals surface area (Å²) in [6.45, 7) is 12.4. The van der Waals surface area contributed by atoms with E-state index >= 15 is 0 Å². The first-order valence-corrected chi connectivity index (χ1v) is 15.9. The first-order chi connectivity index (χ1) is 19.1. The monoisotopic (exact) mass is 631 g/mol. The lowest BCUT2D eigenvalue weighted by Gasteiger charge is -2.30. The van der Waals surface area contributed by atoms with Crippen LogP contribution < -0.4 is 20.7 Å². The molecule has 1 aromatic carbocycles. The Bertz CT molecular complexity index is 1300. The lowest BCUT2D eigenvalue weighted by Crippen LogP contribution is -2.51. The summed E-state index contributed by atoms with van der Waals surface area (Å²) >= 11 is 11.9. The molecule has 0 saturated heterocycles. The fourth-order valence-corrected chi connectivity index (χ4v) is 6.17. The van der Waals surface area contributed by atoms with Gasteiger partial charge in [-0.05, 0) is 71.1 Å². The molecule has 0 aliphatic heterocycles. The van der Waals surface area contributed by atoms with Gasteiger partial charge in [-0.15, -0.1) is 0 Å². The second-order valence-corrected chi connectivity index (χ2v) is 13.4. The topological polar surface area (TPSA) is 137 Å². The van der Waals surface area contributed by atoms with Crippen molar-refractivity contribution in [2.45, 2.75) is 77.8 Å². The molecule has 0 aliphatic carbocycles. The van der Waals surface area contributed by atoms with Crippen molar-refractivity contribution in [1.82, 2.24) is 30.0 Å². The van der Waals surface area contributed by atoms with Crippen LogP contribution in [-0.4, -0.2) is 66.9 Å². The van der Waals surface area contributed by atoms with Crippen LogP contribution in [0.15, 0.2) is 23.1 Å². The molecule has 14 heteroatoms. The van der Waals surface area contributed by atoms with Gasteiger partial charge in [0.2, 0.25) is 10.0 Å². The summed E-state index contributed by atoms with van der Waals surface area (Å²) in [6, 6.07) is 3.21. The molecule has 1 aromatic heterocycles. The van der Waals surface area contributed by atoms with E-state index in [1.54, 1.807) is 9.58 Å². The molecule has 0 fully saturated rings. The van der Waals surface area contributed by atoms with Gasteiger partial charge in [0.25, 0.3) is 0 Å². The van der Waals surface area contributed by atoms with Crippen LogP contribution in [0.1, 0.15) is 58.3 Å². The van der Waals surface area contributed by atoms with Gasteiger partial charge in [0.05, 0.1) is 22.1 Å². The number of hydrogen-bond donors (Lipinski definition) is 4. The zero-order chi connectivity index (χ0) is 30.9. The normalized spacial score (nSPS) is 12.5. The number of benzene rings is 1. The standard InChI is InChI=1S/C27H43Cl2N7O4S/c1-17(2)14-22(32-26(37)33-25-19(5)34-35(7)20(25)6)16-36(27(38)31-18(3)4)13-9-8-12-30-41(39,40)24-11-10-21(28)15-23(24)29/h10-11,15,17-18,22,30H,8-9,12-14,16H2,1-7H3,(H,31,38)(H2,32,33,37)/t22-/m1/s1. The maximum absolute atomic E-state index is 13.1. The van der Waals surface area contributed by atoms with Crippen LogP contribution in [0.5, 0.6) is 0 Å². The van der Waals surface area contributed by atoms with Crippen molar-refractivity contribution < 1.29 is 18.0 Å². The van der Waals surface area contributed by atoms with Gasteiger partial charge in [0.1, 0.15) is 4.90 Å². The molecule has 11 nitrogen and oxygen atoms in total. The van der Waals surface area contributed by atoms with Crippen LogP contribution in [-0.2, 0) is 17.1 Å². The Kier molecular flexibility index (Phi) is 13.2. The second kappa shape index (κ2) is 15.6. The second-order valence-electron chi connectivity index (χ2n) is 10.8. The number of unbranched alkanes of at least 4 members (excludes halogenated alkanes) is 1. The number of anilines is 1. The third kappa shape index (κ3) is 11.0. The minimum Gasteiger partial charge on any atom is -0.336 e. The van der Waals surface area contributed by atoms with Gasteiger partial charge in [0.15, 0.2) is 0 Å². The third-order valence-electron chi connectivity index (χ3n) is 6.31. The quantitative estimate of drug-likeness (QED) is 0.216. The smallest absolute Gasteiger partial charge is 0.319 e. The molecule has 4 N–H and O–H groups in total. The molecule has 0 aliphatic rings. The van der Waals surface area contributed by atoms with Crippen molar-refractivity contribution in [3.05, 3.63) is 39.6 Å². The van der Waals surface area contributed by atoms with Crippen molar-refractivity contribution in [3.8, 4) is 0 Å². The average molecular weight is 633 g/mol. The number of hydrogen-bond acceptors (Lipinski definition) is 5. The van der Waals surface area contributed by atoms with E-state index in [4.69, 9.17) is 23.2 Å². The fourth-order valence-electron chi connectivity index (χ4n) is 4.32. The van der Waals surface area contributed by atoms with E-state index < -0.39 is 10.0 Å². The van der Waals surface area contributed by atoms with Crippen LogP contribution in [0.3, 0.4) is 0 Å². The molecule has 0 radical (unpaired) electrons. The number of aryl methyl sites for hydroxylation is 2. The maximum Gasteiger partial charge on any atom is 0.319 e. The Hall–Kier alpha value is -2.54. The Morgan fingerprint density at radius 1 is 1.07 bits per heavy atom. The fraction of sp³-hybridized carbons (Fsp3) is 0.593. The van der Waals surface area contributed by atoms with Crippen molar-refractivity contribution in [2.75, 3.05) is 25.0 Å². The summed E-state index contributed by atoms with van der Waals surface area (Å²) < 4.78 is 29.6. The number of halogens is 2. The summed E-state index contributed by atoms with van der Waals surface area (Å²) in [7, 11) is -2.00. The van der Waals surface area contributed by atoms with E-state index in [0.717, 1.165) is 5.69 Å². The summed E-state index contributed by atoms with van der Waals surface area (Å²) in [4.78, 5) is 27.6. The van der Waals surface area contributed by atoms with E-state index in [0.29, 0.717) is 48.8 Å². The first-order valence-electron chi connectivity index (χ1n) is 13.7. The number of nitrogens with zero attached hydrogens (tertiary/aromatic N) is 3. The predicted octanol–water partition coefficient (Wildman–Crippen LogP) is 5.06. The number of rotatable bonds is 14. The summed E-state index contributed by atoms with van der Waals surface area (Å²) in [5.74, 6) is 0.270. The highest BCUT2D eigenvalue weighted by molar-refractivity contribution is 7.89. The van der Waals surface area contributed by atoms with Gasteiger partial charge >= 0.3 is 12.1 Å². The largest absolute Gasteiger partial charge is 0.336 e. The van der Waals surface area contributed by atoms with E-state index in [-0.39, 0.29) is 46.5 Å². The van der Waals surface area contributed by atoms with Crippen LogP contribution >= 0.6 is 23.2 Å². The Morgan fingerprint density at radius 2 is 1.76 bits per heavy atom.